The van der Waals surface area contributed by atoms with E-state index in [1.54, 1.807) is 37.1 Å². The first kappa shape index (κ1) is 19.1. The number of ether oxygens (including phenoxy) is 3. The molecular weight excluding hydrogens is 322 g/mol. The van der Waals surface area contributed by atoms with Gasteiger partial charge in [-0.3, -0.25) is 0 Å². The molecule has 6 nitrogen and oxygen atoms in total. The van der Waals surface area contributed by atoms with E-state index in [9.17, 15) is 9.59 Å². The second kappa shape index (κ2) is 7.76. The topological polar surface area (TPSA) is 65.1 Å². The van der Waals surface area contributed by atoms with Gasteiger partial charge in [0.15, 0.2) is 0 Å². The van der Waals surface area contributed by atoms with Crippen LogP contribution >= 0.6 is 0 Å². The Hall–Kier alpha value is -2.24. The quantitative estimate of drug-likeness (QED) is 0.777. The molecule has 1 heterocycles. The fraction of sp³-hybridized carbons (Fsp3) is 0.579. The van der Waals surface area contributed by atoms with E-state index in [0.717, 1.165) is 12.0 Å². The molecule has 1 fully saturated rings. The van der Waals surface area contributed by atoms with Crippen molar-refractivity contribution in [1.82, 2.24) is 4.90 Å². The molecule has 6 heteroatoms. The van der Waals surface area contributed by atoms with E-state index in [-0.39, 0.29) is 18.0 Å². The van der Waals surface area contributed by atoms with Gasteiger partial charge in [-0.15, -0.1) is 0 Å². The molecule has 138 valence electrons. The van der Waals surface area contributed by atoms with Gasteiger partial charge < -0.3 is 19.1 Å². The molecule has 0 spiro atoms. The van der Waals surface area contributed by atoms with E-state index >= 15 is 0 Å². The molecule has 1 atom stereocenters. The van der Waals surface area contributed by atoms with Gasteiger partial charge in [-0.05, 0) is 57.9 Å². The highest BCUT2D eigenvalue weighted by molar-refractivity contribution is 5.90. The van der Waals surface area contributed by atoms with Gasteiger partial charge in [0.1, 0.15) is 11.4 Å². The Bertz CT molecular complexity index is 635. The Labute approximate surface area is 149 Å². The molecule has 25 heavy (non-hydrogen) atoms. The Morgan fingerprint density at radius 3 is 2.60 bits per heavy atom. The van der Waals surface area contributed by atoms with Crippen molar-refractivity contribution in [2.24, 2.45) is 0 Å². The lowest BCUT2D eigenvalue weighted by molar-refractivity contribution is 0.0292. The maximum absolute atomic E-state index is 12.3. The van der Waals surface area contributed by atoms with Crippen molar-refractivity contribution in [3.05, 3.63) is 29.3 Å². The summed E-state index contributed by atoms with van der Waals surface area (Å²) in [6, 6.07) is 5.28. The third kappa shape index (κ3) is 4.87. The third-order valence-corrected chi connectivity index (χ3v) is 4.02. The molecule has 0 radical (unpaired) electrons. The molecule has 2 rings (SSSR count). The van der Waals surface area contributed by atoms with Crippen LogP contribution in [0.2, 0.25) is 0 Å². The molecule has 1 aromatic carbocycles. The first-order chi connectivity index (χ1) is 11.7. The zero-order valence-electron chi connectivity index (χ0n) is 15.6. The smallest absolute Gasteiger partial charge is 0.410 e. The second-order valence-corrected chi connectivity index (χ2v) is 7.09. The van der Waals surface area contributed by atoms with Crippen molar-refractivity contribution in [2.75, 3.05) is 26.8 Å². The summed E-state index contributed by atoms with van der Waals surface area (Å²) >= 11 is 0. The monoisotopic (exact) mass is 349 g/mol. The summed E-state index contributed by atoms with van der Waals surface area (Å²) in [6.45, 7) is 8.82. The molecule has 1 unspecified atom stereocenters. The Kier molecular flexibility index (Phi) is 5.93. The van der Waals surface area contributed by atoms with Crippen LogP contribution in [0.25, 0.3) is 0 Å². The fourth-order valence-electron chi connectivity index (χ4n) is 2.90. The van der Waals surface area contributed by atoms with Crippen LogP contribution in [-0.4, -0.2) is 49.4 Å². The highest BCUT2D eigenvalue weighted by Gasteiger charge is 2.32. The lowest BCUT2D eigenvalue weighted by Crippen LogP contribution is -2.35. The zero-order valence-corrected chi connectivity index (χ0v) is 15.6. The van der Waals surface area contributed by atoms with Gasteiger partial charge in [0.2, 0.25) is 0 Å². The number of likely N-dealkylation sites (tertiary alicyclic amines) is 1. The standard InChI is InChI=1S/C19H27NO5/c1-6-24-17(21)13-7-8-16(23-5)15(11-13)14-9-10-20(12-14)18(22)25-19(2,3)4/h7-8,11,14H,6,9-10,12H2,1-5H3. The van der Waals surface area contributed by atoms with Crippen LogP contribution < -0.4 is 4.74 Å². The molecule has 0 aliphatic carbocycles. The van der Waals surface area contributed by atoms with Gasteiger partial charge in [0, 0.05) is 19.0 Å². The number of nitrogens with zero attached hydrogens (tertiary/aromatic N) is 1. The summed E-state index contributed by atoms with van der Waals surface area (Å²) in [5, 5.41) is 0. The number of methoxy groups -OCH3 is 1. The van der Waals surface area contributed by atoms with E-state index in [1.807, 2.05) is 20.8 Å². The summed E-state index contributed by atoms with van der Waals surface area (Å²) in [7, 11) is 1.60. The Morgan fingerprint density at radius 1 is 1.28 bits per heavy atom. The molecule has 0 bridgehead atoms. The summed E-state index contributed by atoms with van der Waals surface area (Å²) in [4.78, 5) is 25.9. The lowest BCUT2D eigenvalue weighted by Gasteiger charge is -2.24. The molecule has 0 N–H and O–H groups in total. The highest BCUT2D eigenvalue weighted by Crippen LogP contribution is 2.35. The Morgan fingerprint density at radius 2 is 2.00 bits per heavy atom. The van der Waals surface area contributed by atoms with E-state index in [1.165, 1.54) is 0 Å². The second-order valence-electron chi connectivity index (χ2n) is 7.09. The van der Waals surface area contributed by atoms with Gasteiger partial charge in [0.25, 0.3) is 0 Å². The van der Waals surface area contributed by atoms with E-state index in [0.29, 0.717) is 31.0 Å². The molecule has 1 saturated heterocycles. The molecule has 1 aliphatic heterocycles. The van der Waals surface area contributed by atoms with Gasteiger partial charge in [-0.2, -0.15) is 0 Å². The SMILES string of the molecule is CCOC(=O)c1ccc(OC)c(C2CCN(C(=O)OC(C)(C)C)C2)c1. The summed E-state index contributed by atoms with van der Waals surface area (Å²) in [5.41, 5.74) is 0.893. The number of benzene rings is 1. The van der Waals surface area contributed by atoms with Crippen LogP contribution in [0.5, 0.6) is 5.75 Å². The number of carbonyl (C=O) groups excluding carboxylic acids is 2. The van der Waals surface area contributed by atoms with Crippen LogP contribution in [0.15, 0.2) is 18.2 Å². The highest BCUT2D eigenvalue weighted by atomic mass is 16.6. The number of hydrogen-bond acceptors (Lipinski definition) is 5. The van der Waals surface area contributed by atoms with Crippen molar-refractivity contribution in [3.63, 3.8) is 0 Å². The minimum Gasteiger partial charge on any atom is -0.496 e. The number of amides is 1. The van der Waals surface area contributed by atoms with Crippen molar-refractivity contribution < 1.29 is 23.8 Å². The molecule has 1 aromatic rings. The van der Waals surface area contributed by atoms with Gasteiger partial charge >= 0.3 is 12.1 Å². The minimum atomic E-state index is -0.517. The van der Waals surface area contributed by atoms with E-state index < -0.39 is 5.60 Å². The maximum atomic E-state index is 12.3. The van der Waals surface area contributed by atoms with Crippen LogP contribution in [0.3, 0.4) is 0 Å². The summed E-state index contributed by atoms with van der Waals surface area (Å²) < 4.78 is 15.9. The summed E-state index contributed by atoms with van der Waals surface area (Å²) in [6.07, 6.45) is 0.484. The number of rotatable bonds is 4. The van der Waals surface area contributed by atoms with Crippen LogP contribution in [0.4, 0.5) is 4.79 Å². The number of hydrogen-bond donors (Lipinski definition) is 0. The molecule has 0 aromatic heterocycles. The largest absolute Gasteiger partial charge is 0.496 e. The van der Waals surface area contributed by atoms with Crippen LogP contribution in [-0.2, 0) is 9.47 Å². The average molecular weight is 349 g/mol. The van der Waals surface area contributed by atoms with E-state index in [2.05, 4.69) is 0 Å². The van der Waals surface area contributed by atoms with Gasteiger partial charge in [-0.25, -0.2) is 9.59 Å². The first-order valence-electron chi connectivity index (χ1n) is 8.58. The van der Waals surface area contributed by atoms with Crippen LogP contribution in [0, 0.1) is 0 Å². The van der Waals surface area contributed by atoms with Crippen molar-refractivity contribution >= 4 is 12.1 Å². The third-order valence-electron chi connectivity index (χ3n) is 4.02. The lowest BCUT2D eigenvalue weighted by atomic mass is 9.95. The fourth-order valence-corrected chi connectivity index (χ4v) is 2.90. The number of carbonyl (C=O) groups is 2. The van der Waals surface area contributed by atoms with Crippen molar-refractivity contribution in [3.8, 4) is 5.75 Å². The molecular formula is C19H27NO5. The normalized spacial score (nSPS) is 17.3. The van der Waals surface area contributed by atoms with Crippen LogP contribution in [0.1, 0.15) is 56.0 Å². The maximum Gasteiger partial charge on any atom is 0.410 e. The minimum absolute atomic E-state index is 0.0943. The van der Waals surface area contributed by atoms with Crippen molar-refractivity contribution in [1.29, 1.82) is 0 Å². The first-order valence-corrected chi connectivity index (χ1v) is 8.58. The average Bonchev–Trinajstić information content (AvgIpc) is 3.03. The molecule has 1 amide bonds. The Balaban J connectivity index is 2.17. The molecule has 1 aliphatic rings. The number of esters is 1. The van der Waals surface area contributed by atoms with Gasteiger partial charge in [-0.1, -0.05) is 0 Å². The molecule has 0 saturated carbocycles. The van der Waals surface area contributed by atoms with Crippen molar-refractivity contribution in [2.45, 2.75) is 45.6 Å². The van der Waals surface area contributed by atoms with E-state index in [4.69, 9.17) is 14.2 Å². The van der Waals surface area contributed by atoms with Gasteiger partial charge in [0.05, 0.1) is 19.3 Å². The summed E-state index contributed by atoms with van der Waals surface area (Å²) in [5.74, 6) is 0.453. The predicted molar refractivity (Wildman–Crippen MR) is 94.1 cm³/mol. The zero-order chi connectivity index (χ0) is 18.6. The predicted octanol–water partition coefficient (Wildman–Crippen LogP) is 3.60.